The molecule has 110 valence electrons. The van der Waals surface area contributed by atoms with Gasteiger partial charge in [-0.3, -0.25) is 9.59 Å². The molecular weight excluding hydrogens is 266 g/mol. The Labute approximate surface area is 123 Å². The number of carbonyl (C=O) groups excluding carboxylic acids is 1. The molecule has 2 unspecified atom stereocenters. The van der Waals surface area contributed by atoms with Crippen molar-refractivity contribution in [2.24, 2.45) is 11.8 Å². The number of aliphatic carboxylic acids is 1. The number of nitrogens with one attached hydrogen (secondary N) is 1. The van der Waals surface area contributed by atoms with E-state index in [-0.39, 0.29) is 11.9 Å². The van der Waals surface area contributed by atoms with Gasteiger partial charge in [-0.15, -0.1) is 0 Å². The van der Waals surface area contributed by atoms with Crippen LogP contribution >= 0.6 is 0 Å². The van der Waals surface area contributed by atoms with Crippen molar-refractivity contribution in [3.8, 4) is 0 Å². The first-order valence-corrected chi connectivity index (χ1v) is 7.40. The highest BCUT2D eigenvalue weighted by atomic mass is 16.4. The molecule has 0 spiro atoms. The van der Waals surface area contributed by atoms with Crippen LogP contribution in [0.25, 0.3) is 0 Å². The topological polar surface area (TPSA) is 66.4 Å². The van der Waals surface area contributed by atoms with Gasteiger partial charge in [0.25, 0.3) is 0 Å². The van der Waals surface area contributed by atoms with Gasteiger partial charge >= 0.3 is 5.97 Å². The average Bonchev–Trinajstić information content (AvgIpc) is 2.89. The van der Waals surface area contributed by atoms with E-state index in [4.69, 9.17) is 0 Å². The average molecular weight is 285 g/mol. The summed E-state index contributed by atoms with van der Waals surface area (Å²) < 4.78 is 0. The summed E-state index contributed by atoms with van der Waals surface area (Å²) in [5.41, 5.74) is 2.56. The van der Waals surface area contributed by atoms with Crippen molar-refractivity contribution in [2.75, 3.05) is 0 Å². The van der Waals surface area contributed by atoms with Crippen molar-refractivity contribution in [3.63, 3.8) is 0 Å². The molecule has 1 aromatic rings. The molecule has 0 fully saturated rings. The van der Waals surface area contributed by atoms with Crippen molar-refractivity contribution < 1.29 is 14.7 Å². The Kier molecular flexibility index (Phi) is 3.78. The SMILES string of the molecule is O=C(O)C1CC=CCC1C(=O)NC1Cc2ccccc2C1. The number of benzene rings is 1. The number of carboxylic acid groups (broad SMARTS) is 1. The molecule has 2 N–H and O–H groups in total. The summed E-state index contributed by atoms with van der Waals surface area (Å²) in [6.45, 7) is 0. The predicted molar refractivity (Wildman–Crippen MR) is 78.8 cm³/mol. The molecule has 2 aliphatic rings. The van der Waals surface area contributed by atoms with E-state index in [9.17, 15) is 14.7 Å². The van der Waals surface area contributed by atoms with Crippen molar-refractivity contribution in [1.82, 2.24) is 5.32 Å². The molecule has 4 heteroatoms. The van der Waals surface area contributed by atoms with Gasteiger partial charge in [-0.2, -0.15) is 0 Å². The molecule has 0 heterocycles. The van der Waals surface area contributed by atoms with Gasteiger partial charge in [-0.1, -0.05) is 36.4 Å². The number of fused-ring (bicyclic) bond motifs is 1. The van der Waals surface area contributed by atoms with Crippen LogP contribution in [0.15, 0.2) is 36.4 Å². The fraction of sp³-hybridized carbons (Fsp3) is 0.412. The van der Waals surface area contributed by atoms with Gasteiger partial charge in [0.1, 0.15) is 0 Å². The van der Waals surface area contributed by atoms with Gasteiger partial charge < -0.3 is 10.4 Å². The van der Waals surface area contributed by atoms with Crippen LogP contribution in [0.1, 0.15) is 24.0 Å². The van der Waals surface area contributed by atoms with Crippen molar-refractivity contribution in [3.05, 3.63) is 47.5 Å². The zero-order chi connectivity index (χ0) is 14.8. The molecule has 0 aliphatic heterocycles. The fourth-order valence-electron chi connectivity index (χ4n) is 3.35. The van der Waals surface area contributed by atoms with E-state index in [1.54, 1.807) is 0 Å². The second-order valence-electron chi connectivity index (χ2n) is 5.88. The number of carboxylic acids is 1. The Morgan fingerprint density at radius 1 is 1.00 bits per heavy atom. The highest BCUT2D eigenvalue weighted by Gasteiger charge is 2.35. The molecule has 0 radical (unpaired) electrons. The lowest BCUT2D eigenvalue weighted by molar-refractivity contribution is -0.147. The zero-order valence-corrected chi connectivity index (χ0v) is 11.8. The maximum atomic E-state index is 12.4. The lowest BCUT2D eigenvalue weighted by Crippen LogP contribution is -2.43. The van der Waals surface area contributed by atoms with Crippen LogP contribution in [0.2, 0.25) is 0 Å². The van der Waals surface area contributed by atoms with E-state index in [1.807, 2.05) is 24.3 Å². The first-order chi connectivity index (χ1) is 10.1. The Bertz CT molecular complexity index is 568. The minimum Gasteiger partial charge on any atom is -0.481 e. The molecule has 4 nitrogen and oxygen atoms in total. The van der Waals surface area contributed by atoms with Gasteiger partial charge in [-0.25, -0.2) is 0 Å². The number of carbonyl (C=O) groups is 2. The van der Waals surface area contributed by atoms with Gasteiger partial charge in [-0.05, 0) is 36.8 Å². The Morgan fingerprint density at radius 2 is 1.57 bits per heavy atom. The third-order valence-electron chi connectivity index (χ3n) is 4.48. The van der Waals surface area contributed by atoms with Gasteiger partial charge in [0.05, 0.1) is 11.8 Å². The predicted octanol–water partition coefficient (Wildman–Crippen LogP) is 1.94. The van der Waals surface area contributed by atoms with Crippen LogP contribution < -0.4 is 5.32 Å². The van der Waals surface area contributed by atoms with Crippen LogP contribution in [-0.4, -0.2) is 23.0 Å². The molecule has 3 rings (SSSR count). The summed E-state index contributed by atoms with van der Waals surface area (Å²) in [5, 5.41) is 12.3. The van der Waals surface area contributed by atoms with Gasteiger partial charge in [0.2, 0.25) is 5.91 Å². The lowest BCUT2D eigenvalue weighted by Gasteiger charge is -2.25. The molecule has 1 aromatic carbocycles. The van der Waals surface area contributed by atoms with Crippen LogP contribution in [0, 0.1) is 11.8 Å². The molecule has 2 atom stereocenters. The lowest BCUT2D eigenvalue weighted by atomic mass is 9.82. The van der Waals surface area contributed by atoms with Crippen LogP contribution in [0.3, 0.4) is 0 Å². The number of amides is 1. The summed E-state index contributed by atoms with van der Waals surface area (Å²) in [5.74, 6) is -2.05. The summed E-state index contributed by atoms with van der Waals surface area (Å²) in [7, 11) is 0. The van der Waals surface area contributed by atoms with Gasteiger partial charge in [0, 0.05) is 6.04 Å². The first kappa shape index (κ1) is 13.9. The zero-order valence-electron chi connectivity index (χ0n) is 11.8. The Balaban J connectivity index is 1.65. The Hall–Kier alpha value is -2.10. The second kappa shape index (κ2) is 5.72. The first-order valence-electron chi connectivity index (χ1n) is 7.40. The molecule has 0 bridgehead atoms. The molecule has 0 aromatic heterocycles. The minimum absolute atomic E-state index is 0.0928. The number of hydrogen-bond acceptors (Lipinski definition) is 2. The minimum atomic E-state index is -0.880. The van der Waals surface area contributed by atoms with Crippen LogP contribution in [-0.2, 0) is 22.4 Å². The maximum absolute atomic E-state index is 12.4. The van der Waals surface area contributed by atoms with Crippen LogP contribution in [0.5, 0.6) is 0 Å². The third kappa shape index (κ3) is 2.84. The highest BCUT2D eigenvalue weighted by Crippen LogP contribution is 2.27. The summed E-state index contributed by atoms with van der Waals surface area (Å²) in [4.78, 5) is 23.7. The van der Waals surface area contributed by atoms with Gasteiger partial charge in [0.15, 0.2) is 0 Å². The normalized spacial score (nSPS) is 24.6. The largest absolute Gasteiger partial charge is 0.481 e. The molecule has 21 heavy (non-hydrogen) atoms. The molecule has 0 saturated carbocycles. The van der Waals surface area contributed by atoms with Crippen molar-refractivity contribution in [2.45, 2.75) is 31.7 Å². The summed E-state index contributed by atoms with van der Waals surface area (Å²) in [6.07, 6.45) is 6.40. The number of allylic oxidation sites excluding steroid dienone is 2. The van der Waals surface area contributed by atoms with E-state index in [0.29, 0.717) is 12.8 Å². The summed E-state index contributed by atoms with van der Waals surface area (Å²) >= 11 is 0. The number of rotatable bonds is 3. The second-order valence-corrected chi connectivity index (χ2v) is 5.88. The smallest absolute Gasteiger partial charge is 0.307 e. The monoisotopic (exact) mass is 285 g/mol. The van der Waals surface area contributed by atoms with E-state index in [0.717, 1.165) is 12.8 Å². The van der Waals surface area contributed by atoms with E-state index >= 15 is 0 Å². The van der Waals surface area contributed by atoms with E-state index in [1.165, 1.54) is 11.1 Å². The third-order valence-corrected chi connectivity index (χ3v) is 4.48. The standard InChI is InChI=1S/C17H19NO3/c19-16(14-7-3-4-8-15(14)17(20)21)18-13-9-11-5-1-2-6-12(11)10-13/h1-6,13-15H,7-10H2,(H,18,19)(H,20,21). The van der Waals surface area contributed by atoms with Crippen molar-refractivity contribution >= 4 is 11.9 Å². The Morgan fingerprint density at radius 3 is 2.14 bits per heavy atom. The van der Waals surface area contributed by atoms with Crippen LogP contribution in [0.4, 0.5) is 0 Å². The quantitative estimate of drug-likeness (QED) is 0.834. The van der Waals surface area contributed by atoms with E-state index < -0.39 is 17.8 Å². The maximum Gasteiger partial charge on any atom is 0.307 e. The van der Waals surface area contributed by atoms with E-state index in [2.05, 4.69) is 17.4 Å². The highest BCUT2D eigenvalue weighted by molar-refractivity contribution is 5.85. The van der Waals surface area contributed by atoms with Crippen molar-refractivity contribution in [1.29, 1.82) is 0 Å². The fourth-order valence-corrected chi connectivity index (χ4v) is 3.35. The molecule has 1 amide bonds. The molecule has 0 saturated heterocycles. The summed E-state index contributed by atoms with van der Waals surface area (Å²) in [6, 6.07) is 8.29. The molecular formula is C17H19NO3. The molecule has 2 aliphatic carbocycles. The number of hydrogen-bond donors (Lipinski definition) is 2.